The van der Waals surface area contributed by atoms with Crippen LogP contribution in [0.4, 0.5) is 4.39 Å². The van der Waals surface area contributed by atoms with Crippen LogP contribution in [0.15, 0.2) is 23.1 Å². The van der Waals surface area contributed by atoms with Gasteiger partial charge < -0.3 is 10.1 Å². The molecule has 26 heavy (non-hydrogen) atoms. The first-order valence-corrected chi connectivity index (χ1v) is 9.91. The Hall–Kier alpha value is -2.00. The lowest BCUT2D eigenvalue weighted by Gasteiger charge is -2.19. The maximum Gasteiger partial charge on any atom is 0.341 e. The van der Waals surface area contributed by atoms with Crippen LogP contribution in [-0.2, 0) is 19.6 Å². The number of halogens is 1. The number of hydrogen-bond acceptors (Lipinski definition) is 5. The summed E-state index contributed by atoms with van der Waals surface area (Å²) in [5, 5.41) is 2.56. The van der Waals surface area contributed by atoms with E-state index in [1.165, 1.54) is 11.2 Å². The summed E-state index contributed by atoms with van der Waals surface area (Å²) in [5.74, 6) is -2.53. The van der Waals surface area contributed by atoms with E-state index in [1.54, 1.807) is 13.8 Å². The molecule has 0 saturated carbocycles. The summed E-state index contributed by atoms with van der Waals surface area (Å²) in [6, 6.07) is 2.92. The van der Waals surface area contributed by atoms with E-state index in [1.807, 2.05) is 6.92 Å². The fraction of sp³-hybridized carbons (Fsp3) is 0.529. The van der Waals surface area contributed by atoms with Crippen molar-refractivity contribution in [3.8, 4) is 0 Å². The fourth-order valence-electron chi connectivity index (χ4n) is 2.20. The molecule has 7 nitrogen and oxygen atoms in total. The zero-order chi connectivity index (χ0) is 19.9. The SMILES string of the molecule is CCCNC(=O)[C@@H](C)OC(=O)c1cc(S(=O)(=O)N(CC)CC)ccc1F. The van der Waals surface area contributed by atoms with Crippen molar-refractivity contribution in [3.05, 3.63) is 29.6 Å². The molecular weight excluding hydrogens is 363 g/mol. The van der Waals surface area contributed by atoms with Crippen LogP contribution in [0.5, 0.6) is 0 Å². The number of esters is 1. The van der Waals surface area contributed by atoms with Gasteiger partial charge in [0, 0.05) is 19.6 Å². The van der Waals surface area contributed by atoms with Crippen LogP contribution >= 0.6 is 0 Å². The van der Waals surface area contributed by atoms with Gasteiger partial charge >= 0.3 is 5.97 Å². The molecule has 0 spiro atoms. The topological polar surface area (TPSA) is 92.8 Å². The van der Waals surface area contributed by atoms with Gasteiger partial charge in [0.25, 0.3) is 5.91 Å². The van der Waals surface area contributed by atoms with Crippen LogP contribution in [0, 0.1) is 5.82 Å². The number of hydrogen-bond donors (Lipinski definition) is 1. The summed E-state index contributed by atoms with van der Waals surface area (Å²) in [6.07, 6.45) is -0.414. The van der Waals surface area contributed by atoms with E-state index in [4.69, 9.17) is 4.74 Å². The summed E-state index contributed by atoms with van der Waals surface area (Å²) in [6.45, 7) is 7.49. The van der Waals surface area contributed by atoms with E-state index in [0.29, 0.717) is 13.0 Å². The molecule has 0 bridgehead atoms. The van der Waals surface area contributed by atoms with Crippen LogP contribution in [0.25, 0.3) is 0 Å². The third kappa shape index (κ3) is 5.25. The van der Waals surface area contributed by atoms with Gasteiger partial charge in [-0.25, -0.2) is 17.6 Å². The third-order valence-electron chi connectivity index (χ3n) is 3.70. The summed E-state index contributed by atoms with van der Waals surface area (Å²) in [7, 11) is -3.85. The normalized spacial score (nSPS) is 12.7. The zero-order valence-corrected chi connectivity index (χ0v) is 16.2. The van der Waals surface area contributed by atoms with E-state index in [0.717, 1.165) is 18.2 Å². The third-order valence-corrected chi connectivity index (χ3v) is 5.75. The van der Waals surface area contributed by atoms with E-state index in [-0.39, 0.29) is 18.0 Å². The lowest BCUT2D eigenvalue weighted by atomic mass is 10.2. The molecule has 0 fully saturated rings. The molecule has 0 aromatic heterocycles. The summed E-state index contributed by atoms with van der Waals surface area (Å²) < 4.78 is 45.2. The lowest BCUT2D eigenvalue weighted by molar-refractivity contribution is -0.129. The highest BCUT2D eigenvalue weighted by atomic mass is 32.2. The maximum absolute atomic E-state index is 14.0. The predicted octanol–water partition coefficient (Wildman–Crippen LogP) is 1.93. The number of benzene rings is 1. The number of nitrogens with zero attached hydrogens (tertiary/aromatic N) is 1. The Kier molecular flexibility index (Phi) is 8.16. The van der Waals surface area contributed by atoms with Gasteiger partial charge in [-0.1, -0.05) is 20.8 Å². The number of carbonyl (C=O) groups is 2. The maximum atomic E-state index is 14.0. The van der Waals surface area contributed by atoms with Crippen molar-refractivity contribution < 1.29 is 27.1 Å². The van der Waals surface area contributed by atoms with Gasteiger partial charge in [-0.3, -0.25) is 4.79 Å². The van der Waals surface area contributed by atoms with Crippen molar-refractivity contribution in [2.24, 2.45) is 0 Å². The van der Waals surface area contributed by atoms with E-state index >= 15 is 0 Å². The zero-order valence-electron chi connectivity index (χ0n) is 15.4. The summed E-state index contributed by atoms with van der Waals surface area (Å²) in [5.41, 5.74) is -0.534. The van der Waals surface area contributed by atoms with Gasteiger partial charge in [0.1, 0.15) is 5.82 Å². The Bertz CT molecular complexity index is 748. The molecule has 0 heterocycles. The second-order valence-corrected chi connectivity index (χ2v) is 7.51. The molecule has 0 aliphatic carbocycles. The van der Waals surface area contributed by atoms with Gasteiger partial charge in [0.2, 0.25) is 10.0 Å². The van der Waals surface area contributed by atoms with E-state index < -0.39 is 39.4 Å². The molecule has 146 valence electrons. The minimum atomic E-state index is -3.85. The molecule has 1 aromatic rings. The van der Waals surface area contributed by atoms with Gasteiger partial charge in [0.15, 0.2) is 6.10 Å². The Labute approximate surface area is 153 Å². The van der Waals surface area contributed by atoms with Crippen LogP contribution in [-0.4, -0.2) is 50.3 Å². The van der Waals surface area contributed by atoms with Crippen molar-refractivity contribution in [1.82, 2.24) is 9.62 Å². The molecule has 0 radical (unpaired) electrons. The summed E-state index contributed by atoms with van der Waals surface area (Å²) >= 11 is 0. The van der Waals surface area contributed by atoms with Crippen LogP contribution < -0.4 is 5.32 Å². The van der Waals surface area contributed by atoms with Crippen LogP contribution in [0.3, 0.4) is 0 Å². The number of nitrogens with one attached hydrogen (secondary N) is 1. The van der Waals surface area contributed by atoms with Crippen molar-refractivity contribution in [2.45, 2.75) is 45.1 Å². The fourth-order valence-corrected chi connectivity index (χ4v) is 3.69. The standard InChI is InChI=1S/C17H25FN2O5S/c1-5-10-19-16(21)12(4)25-17(22)14-11-13(8-9-15(14)18)26(23,24)20(6-2)7-3/h8-9,11-12H,5-7,10H2,1-4H3,(H,19,21)/t12-/m1/s1. The molecule has 0 aliphatic rings. The average Bonchev–Trinajstić information content (AvgIpc) is 2.60. The van der Waals surface area contributed by atoms with Crippen LogP contribution in [0.1, 0.15) is 44.5 Å². The minimum absolute atomic E-state index is 0.211. The number of ether oxygens (including phenoxy) is 1. The molecule has 1 amide bonds. The Balaban J connectivity index is 3.07. The number of rotatable bonds is 9. The Morgan fingerprint density at radius 2 is 1.85 bits per heavy atom. The summed E-state index contributed by atoms with van der Waals surface area (Å²) in [4.78, 5) is 23.7. The van der Waals surface area contributed by atoms with Gasteiger partial charge in [-0.2, -0.15) is 4.31 Å². The Morgan fingerprint density at radius 3 is 2.38 bits per heavy atom. The molecule has 0 aliphatic heterocycles. The average molecular weight is 388 g/mol. The second kappa shape index (κ2) is 9.63. The van der Waals surface area contributed by atoms with E-state index in [9.17, 15) is 22.4 Å². The van der Waals surface area contributed by atoms with Crippen LogP contribution in [0.2, 0.25) is 0 Å². The Morgan fingerprint density at radius 1 is 1.23 bits per heavy atom. The lowest BCUT2D eigenvalue weighted by Crippen LogP contribution is -2.36. The second-order valence-electron chi connectivity index (χ2n) is 5.57. The number of amides is 1. The molecule has 1 aromatic carbocycles. The number of sulfonamides is 1. The highest BCUT2D eigenvalue weighted by Gasteiger charge is 2.26. The van der Waals surface area contributed by atoms with Gasteiger partial charge in [0.05, 0.1) is 10.5 Å². The van der Waals surface area contributed by atoms with Crippen molar-refractivity contribution in [3.63, 3.8) is 0 Å². The molecule has 0 saturated heterocycles. The van der Waals surface area contributed by atoms with Gasteiger partial charge in [-0.15, -0.1) is 0 Å². The van der Waals surface area contributed by atoms with Crippen molar-refractivity contribution in [1.29, 1.82) is 0 Å². The highest BCUT2D eigenvalue weighted by Crippen LogP contribution is 2.20. The first kappa shape index (κ1) is 22.0. The number of carbonyl (C=O) groups excluding carboxylic acids is 2. The molecule has 1 rings (SSSR count). The van der Waals surface area contributed by atoms with E-state index in [2.05, 4.69) is 5.32 Å². The molecule has 9 heteroatoms. The first-order chi connectivity index (χ1) is 12.2. The van der Waals surface area contributed by atoms with Crippen molar-refractivity contribution >= 4 is 21.9 Å². The van der Waals surface area contributed by atoms with Crippen molar-refractivity contribution in [2.75, 3.05) is 19.6 Å². The highest BCUT2D eigenvalue weighted by molar-refractivity contribution is 7.89. The molecule has 0 unspecified atom stereocenters. The quantitative estimate of drug-likeness (QED) is 0.653. The minimum Gasteiger partial charge on any atom is -0.449 e. The molecular formula is C17H25FN2O5S. The predicted molar refractivity (Wildman–Crippen MR) is 94.7 cm³/mol. The first-order valence-electron chi connectivity index (χ1n) is 8.47. The monoisotopic (exact) mass is 388 g/mol. The molecule has 1 atom stereocenters. The smallest absolute Gasteiger partial charge is 0.341 e. The molecule has 1 N–H and O–H groups in total. The largest absolute Gasteiger partial charge is 0.449 e. The van der Waals surface area contributed by atoms with Gasteiger partial charge in [-0.05, 0) is 31.5 Å².